The van der Waals surface area contributed by atoms with Gasteiger partial charge in [-0.15, -0.1) is 0 Å². The van der Waals surface area contributed by atoms with Crippen molar-refractivity contribution in [3.8, 4) is 6.07 Å². The van der Waals surface area contributed by atoms with Crippen LogP contribution in [0.4, 0.5) is 0 Å². The maximum atomic E-state index is 12.9. The van der Waals surface area contributed by atoms with Crippen LogP contribution in [0, 0.1) is 24.2 Å². The Morgan fingerprint density at radius 3 is 2.31 bits per heavy atom. The predicted octanol–water partition coefficient (Wildman–Crippen LogP) is 2.57. The Bertz CT molecular complexity index is 1230. The number of hydrogen-bond donors (Lipinski definition) is 2. The zero-order chi connectivity index (χ0) is 26.2. The van der Waals surface area contributed by atoms with Crippen molar-refractivity contribution in [2.75, 3.05) is 20.0 Å². The van der Waals surface area contributed by atoms with Gasteiger partial charge in [-0.25, -0.2) is 4.79 Å². The maximum absolute atomic E-state index is 12.9. The Balaban J connectivity index is 1.83. The fourth-order valence-corrected chi connectivity index (χ4v) is 4.60. The van der Waals surface area contributed by atoms with Crippen molar-refractivity contribution >= 4 is 35.5 Å². The van der Waals surface area contributed by atoms with E-state index in [1.807, 2.05) is 31.2 Å². The van der Waals surface area contributed by atoms with Crippen molar-refractivity contribution in [2.24, 2.45) is 5.92 Å². The van der Waals surface area contributed by atoms with Crippen molar-refractivity contribution in [2.45, 2.75) is 19.4 Å². The third-order valence-corrected chi connectivity index (χ3v) is 6.65. The van der Waals surface area contributed by atoms with Crippen molar-refractivity contribution < 1.29 is 28.7 Å². The van der Waals surface area contributed by atoms with Crippen molar-refractivity contribution in [3.63, 3.8) is 0 Å². The van der Waals surface area contributed by atoms with Crippen LogP contribution in [-0.4, -0.2) is 43.7 Å². The summed E-state index contributed by atoms with van der Waals surface area (Å²) >= 11 is 0.998. The number of carbonyl (C=O) groups excluding carboxylic acids is 4. The van der Waals surface area contributed by atoms with E-state index in [9.17, 15) is 24.4 Å². The number of thioether (sulfide) groups is 1. The Hall–Kier alpha value is -4.10. The number of carbonyl (C=O) groups is 4. The average molecular weight is 508 g/mol. The fourth-order valence-electron chi connectivity index (χ4n) is 3.72. The van der Waals surface area contributed by atoms with Gasteiger partial charge in [-0.05, 0) is 30.2 Å². The highest BCUT2D eigenvalue weighted by Gasteiger charge is 2.44. The molecule has 0 saturated carbocycles. The Labute approximate surface area is 212 Å². The highest BCUT2D eigenvalue weighted by atomic mass is 32.2. The first kappa shape index (κ1) is 26.5. The predicted molar refractivity (Wildman–Crippen MR) is 132 cm³/mol. The summed E-state index contributed by atoms with van der Waals surface area (Å²) in [5.41, 5.74) is 2.92. The molecule has 10 heteroatoms. The lowest BCUT2D eigenvalue weighted by Gasteiger charge is -2.31. The molecule has 0 radical (unpaired) electrons. The minimum Gasteiger partial charge on any atom is -0.468 e. The first-order valence-corrected chi connectivity index (χ1v) is 11.9. The van der Waals surface area contributed by atoms with Crippen LogP contribution < -0.4 is 10.6 Å². The topological polar surface area (TPSA) is 135 Å². The van der Waals surface area contributed by atoms with Crippen LogP contribution >= 0.6 is 11.8 Å². The zero-order valence-electron chi connectivity index (χ0n) is 20.0. The number of hydrogen-bond acceptors (Lipinski definition) is 8. The number of nitriles is 1. The largest absolute Gasteiger partial charge is 0.468 e. The summed E-state index contributed by atoms with van der Waals surface area (Å²) in [6.45, 7) is 2.32. The molecule has 0 bridgehead atoms. The van der Waals surface area contributed by atoms with Gasteiger partial charge in [0.15, 0.2) is 0 Å². The molecule has 0 aromatic heterocycles. The van der Waals surface area contributed by atoms with Crippen LogP contribution in [0.5, 0.6) is 0 Å². The number of methoxy groups -OCH3 is 2. The van der Waals surface area contributed by atoms with Crippen LogP contribution in [0.15, 0.2) is 59.1 Å². The summed E-state index contributed by atoms with van der Waals surface area (Å²) in [6, 6.07) is 15.9. The highest BCUT2D eigenvalue weighted by molar-refractivity contribution is 8.03. The number of esters is 2. The number of rotatable bonds is 8. The number of nitrogens with zero attached hydrogens (tertiary/aromatic N) is 1. The molecule has 2 N–H and O–H groups in total. The van der Waals surface area contributed by atoms with Crippen LogP contribution in [0.25, 0.3) is 0 Å². The van der Waals surface area contributed by atoms with Crippen molar-refractivity contribution in [1.29, 1.82) is 5.26 Å². The van der Waals surface area contributed by atoms with E-state index in [1.54, 1.807) is 12.1 Å². The van der Waals surface area contributed by atoms with Gasteiger partial charge < -0.3 is 20.1 Å². The third-order valence-electron chi connectivity index (χ3n) is 5.63. The van der Waals surface area contributed by atoms with E-state index >= 15 is 0 Å². The second kappa shape index (κ2) is 12.0. The highest BCUT2D eigenvalue weighted by Crippen LogP contribution is 2.40. The van der Waals surface area contributed by atoms with Gasteiger partial charge in [-0.2, -0.15) is 5.26 Å². The first-order valence-electron chi connectivity index (χ1n) is 10.9. The molecule has 0 aliphatic carbocycles. The number of ether oxygens (including phenoxy) is 2. The molecule has 2 aromatic rings. The van der Waals surface area contributed by atoms with Crippen LogP contribution in [0.3, 0.4) is 0 Å². The molecule has 2 amide bonds. The molecule has 1 aliphatic rings. The SMILES string of the molecule is COC(=O)c1ccc([C@H]2C(C#N)=C(SCC(=O)NCc3ccc(C)cc3)NC(=O)[C@@H]2C(=O)OC)cc1. The standard InChI is InChI=1S/C26H25N3O6S/c1-15-4-6-16(7-5-15)13-28-20(30)14-36-24-19(12-27)21(22(23(31)29-24)26(33)35-3)17-8-10-18(11-9-17)25(32)34-2/h4-11,21-22H,13-14H2,1-3H3,(H,28,30)(H,29,31)/t21-,22+/m0/s1. The zero-order valence-corrected chi connectivity index (χ0v) is 20.8. The molecule has 0 spiro atoms. The van der Waals surface area contributed by atoms with Gasteiger partial charge in [0.2, 0.25) is 11.8 Å². The van der Waals surface area contributed by atoms with E-state index in [4.69, 9.17) is 9.47 Å². The Morgan fingerprint density at radius 1 is 1.06 bits per heavy atom. The summed E-state index contributed by atoms with van der Waals surface area (Å²) in [7, 11) is 2.41. The van der Waals surface area contributed by atoms with Crippen LogP contribution in [0.1, 0.15) is 33.0 Å². The van der Waals surface area contributed by atoms with Gasteiger partial charge in [-0.3, -0.25) is 14.4 Å². The lowest BCUT2D eigenvalue weighted by atomic mass is 9.78. The van der Waals surface area contributed by atoms with Gasteiger partial charge in [-0.1, -0.05) is 53.7 Å². The van der Waals surface area contributed by atoms with Gasteiger partial charge in [0.05, 0.1) is 42.2 Å². The van der Waals surface area contributed by atoms with E-state index in [1.165, 1.54) is 19.2 Å². The normalized spacial score (nSPS) is 17.0. The summed E-state index contributed by atoms with van der Waals surface area (Å²) < 4.78 is 9.52. The summed E-state index contributed by atoms with van der Waals surface area (Å²) in [5, 5.41) is 15.6. The molecule has 186 valence electrons. The first-order chi connectivity index (χ1) is 17.3. The number of allylic oxidation sites excluding steroid dienone is 1. The van der Waals surface area contributed by atoms with Crippen molar-refractivity contribution in [3.05, 3.63) is 81.4 Å². The second-order valence-electron chi connectivity index (χ2n) is 7.99. The summed E-state index contributed by atoms with van der Waals surface area (Å²) in [5.74, 6) is -4.60. The molecule has 0 saturated heterocycles. The Kier molecular flexibility index (Phi) is 8.86. The minimum absolute atomic E-state index is 0.0520. The number of nitrogens with one attached hydrogen (secondary N) is 2. The van der Waals surface area contributed by atoms with Crippen molar-refractivity contribution in [1.82, 2.24) is 10.6 Å². The van der Waals surface area contributed by atoms with Gasteiger partial charge in [0.1, 0.15) is 5.92 Å². The fraction of sp³-hybridized carbons (Fsp3) is 0.269. The Morgan fingerprint density at radius 2 is 1.72 bits per heavy atom. The van der Waals surface area contributed by atoms with E-state index in [0.717, 1.165) is 30.0 Å². The van der Waals surface area contributed by atoms with Crippen LogP contribution in [0.2, 0.25) is 0 Å². The molecule has 1 heterocycles. The lowest BCUT2D eigenvalue weighted by Crippen LogP contribution is -2.44. The number of benzene rings is 2. The van der Waals surface area contributed by atoms with Gasteiger partial charge >= 0.3 is 11.9 Å². The molecular formula is C26H25N3O6S. The molecule has 36 heavy (non-hydrogen) atoms. The second-order valence-corrected chi connectivity index (χ2v) is 8.97. The molecule has 3 rings (SSSR count). The van der Waals surface area contributed by atoms with E-state index in [2.05, 4.69) is 16.7 Å². The summed E-state index contributed by atoms with van der Waals surface area (Å²) in [6.07, 6.45) is 0. The number of aryl methyl sites for hydroxylation is 1. The quantitative estimate of drug-likeness (QED) is 0.411. The molecule has 0 fully saturated rings. The number of amides is 2. The molecule has 2 aromatic carbocycles. The molecule has 2 atom stereocenters. The maximum Gasteiger partial charge on any atom is 0.337 e. The smallest absolute Gasteiger partial charge is 0.337 e. The van der Waals surface area contributed by atoms with Crippen LogP contribution in [-0.2, 0) is 30.4 Å². The lowest BCUT2D eigenvalue weighted by molar-refractivity contribution is -0.150. The average Bonchev–Trinajstić information content (AvgIpc) is 2.90. The van der Waals surface area contributed by atoms with E-state index in [-0.39, 0.29) is 27.8 Å². The van der Waals surface area contributed by atoms with Gasteiger partial charge in [0.25, 0.3) is 0 Å². The van der Waals surface area contributed by atoms with E-state index < -0.39 is 29.7 Å². The van der Waals surface area contributed by atoms with E-state index in [0.29, 0.717) is 12.1 Å². The van der Waals surface area contributed by atoms with Gasteiger partial charge in [0, 0.05) is 12.5 Å². The monoisotopic (exact) mass is 507 g/mol. The minimum atomic E-state index is -1.31. The molecule has 0 unspecified atom stereocenters. The molecular weight excluding hydrogens is 482 g/mol. The molecule has 9 nitrogen and oxygen atoms in total. The molecule has 1 aliphatic heterocycles. The third kappa shape index (κ3) is 6.12. The summed E-state index contributed by atoms with van der Waals surface area (Å²) in [4.78, 5) is 49.6.